The van der Waals surface area contributed by atoms with E-state index >= 15 is 0 Å². The maximum Gasteiger partial charge on any atom is 0.337 e. The molecule has 168 valence electrons. The summed E-state index contributed by atoms with van der Waals surface area (Å²) in [6, 6.07) is 12.3. The molecule has 2 aliphatic rings. The lowest BCUT2D eigenvalue weighted by atomic mass is 9.93. The quantitative estimate of drug-likeness (QED) is 0.492. The smallest absolute Gasteiger partial charge is 0.337 e. The molecule has 1 saturated carbocycles. The van der Waals surface area contributed by atoms with Gasteiger partial charge in [0.05, 0.1) is 24.0 Å². The molecular weight excluding hydrogens is 444 g/mol. The van der Waals surface area contributed by atoms with Crippen LogP contribution in [0.2, 0.25) is 5.02 Å². The van der Waals surface area contributed by atoms with E-state index < -0.39 is 5.97 Å². The van der Waals surface area contributed by atoms with Gasteiger partial charge in [0.1, 0.15) is 0 Å². The average Bonchev–Trinajstić information content (AvgIpc) is 3.07. The summed E-state index contributed by atoms with van der Waals surface area (Å²) >= 11 is 7.85. The lowest BCUT2D eigenvalue weighted by molar-refractivity contribution is 0.0370. The van der Waals surface area contributed by atoms with E-state index in [2.05, 4.69) is 17.1 Å². The first kappa shape index (κ1) is 21.7. The SMILES string of the molecule is Cc1sc2cc(Cl)ccc2c1-c1ccc(N2CCO[C@H](CNC3CCC3)C2)c(C(=O)O)c1. The predicted molar refractivity (Wildman–Crippen MR) is 132 cm³/mol. The largest absolute Gasteiger partial charge is 0.478 e. The number of carbonyl (C=O) groups is 1. The highest BCUT2D eigenvalue weighted by molar-refractivity contribution is 7.19. The molecule has 2 heterocycles. The fraction of sp³-hybridized carbons (Fsp3) is 0.400. The fourth-order valence-corrected chi connectivity index (χ4v) is 6.02. The number of hydrogen-bond acceptors (Lipinski definition) is 5. The number of rotatable bonds is 6. The van der Waals surface area contributed by atoms with Crippen molar-refractivity contribution < 1.29 is 14.6 Å². The lowest BCUT2D eigenvalue weighted by Crippen LogP contribution is -2.49. The molecule has 5 rings (SSSR count). The van der Waals surface area contributed by atoms with Gasteiger partial charge in [-0.15, -0.1) is 11.3 Å². The van der Waals surface area contributed by atoms with Gasteiger partial charge in [0, 0.05) is 51.2 Å². The highest BCUT2D eigenvalue weighted by Crippen LogP contribution is 2.40. The summed E-state index contributed by atoms with van der Waals surface area (Å²) in [4.78, 5) is 15.5. The first-order valence-corrected chi connectivity index (χ1v) is 12.4. The van der Waals surface area contributed by atoms with E-state index in [4.69, 9.17) is 16.3 Å². The molecule has 2 aromatic carbocycles. The molecule has 32 heavy (non-hydrogen) atoms. The van der Waals surface area contributed by atoms with Crippen molar-refractivity contribution in [3.05, 3.63) is 51.9 Å². The Morgan fingerprint density at radius 2 is 2.12 bits per heavy atom. The fourth-order valence-electron chi connectivity index (χ4n) is 4.66. The van der Waals surface area contributed by atoms with E-state index in [0.29, 0.717) is 36.3 Å². The molecule has 7 heteroatoms. The topological polar surface area (TPSA) is 61.8 Å². The van der Waals surface area contributed by atoms with Gasteiger partial charge in [-0.1, -0.05) is 30.2 Å². The van der Waals surface area contributed by atoms with Crippen LogP contribution in [0.5, 0.6) is 0 Å². The van der Waals surface area contributed by atoms with Gasteiger partial charge < -0.3 is 20.1 Å². The number of benzene rings is 2. The number of carboxylic acid groups (broad SMARTS) is 1. The molecule has 0 bridgehead atoms. The molecule has 1 atom stereocenters. The summed E-state index contributed by atoms with van der Waals surface area (Å²) in [6.45, 7) is 4.87. The summed E-state index contributed by atoms with van der Waals surface area (Å²) in [7, 11) is 0. The van der Waals surface area contributed by atoms with Crippen LogP contribution in [0.4, 0.5) is 5.69 Å². The number of morpholine rings is 1. The molecule has 0 spiro atoms. The first-order chi connectivity index (χ1) is 15.5. The standard InChI is InChI=1S/C25H27ClN2O3S/c1-15-24(20-7-6-17(26)12-23(20)32-15)16-5-8-22(21(11-16)25(29)30)28-9-10-31-19(14-28)13-27-18-3-2-4-18/h5-8,11-12,18-19,27H,2-4,9-10,13-14H2,1H3,(H,29,30)/t19-/m1/s1. The van der Waals surface area contributed by atoms with Crippen molar-refractivity contribution in [3.8, 4) is 11.1 Å². The third-order valence-corrected chi connectivity index (χ3v) is 7.87. The molecule has 1 aliphatic heterocycles. The third kappa shape index (κ3) is 4.25. The van der Waals surface area contributed by atoms with Crippen LogP contribution in [0.15, 0.2) is 36.4 Å². The Bertz CT molecular complexity index is 1160. The molecule has 0 unspecified atom stereocenters. The summed E-state index contributed by atoms with van der Waals surface area (Å²) in [5.41, 5.74) is 3.11. The minimum Gasteiger partial charge on any atom is -0.478 e. The van der Waals surface area contributed by atoms with Gasteiger partial charge in [-0.25, -0.2) is 4.79 Å². The minimum absolute atomic E-state index is 0.0680. The van der Waals surface area contributed by atoms with E-state index in [9.17, 15) is 9.90 Å². The van der Waals surface area contributed by atoms with E-state index in [1.165, 1.54) is 19.3 Å². The second-order valence-electron chi connectivity index (χ2n) is 8.69. The van der Waals surface area contributed by atoms with E-state index in [1.807, 2.05) is 36.4 Å². The molecule has 1 aromatic heterocycles. The number of fused-ring (bicyclic) bond motifs is 1. The van der Waals surface area contributed by atoms with E-state index in [1.54, 1.807) is 11.3 Å². The maximum atomic E-state index is 12.2. The van der Waals surface area contributed by atoms with Gasteiger partial charge in [-0.3, -0.25) is 0 Å². The number of nitrogens with zero attached hydrogens (tertiary/aromatic N) is 1. The number of thiophene rings is 1. The minimum atomic E-state index is -0.905. The van der Waals surface area contributed by atoms with Crippen molar-refractivity contribution in [3.63, 3.8) is 0 Å². The molecule has 3 aromatic rings. The maximum absolute atomic E-state index is 12.2. The van der Waals surface area contributed by atoms with Gasteiger partial charge in [-0.2, -0.15) is 0 Å². The summed E-state index contributed by atoms with van der Waals surface area (Å²) in [5, 5.41) is 15.4. The van der Waals surface area contributed by atoms with Crippen LogP contribution in [0.25, 0.3) is 21.2 Å². The van der Waals surface area contributed by atoms with Crippen LogP contribution in [0, 0.1) is 6.92 Å². The number of nitrogens with one attached hydrogen (secondary N) is 1. The first-order valence-electron chi connectivity index (χ1n) is 11.2. The Hall–Kier alpha value is -2.12. The van der Waals surface area contributed by atoms with Crippen LogP contribution in [0.3, 0.4) is 0 Å². The van der Waals surface area contributed by atoms with E-state index in [-0.39, 0.29) is 6.10 Å². The molecule has 1 saturated heterocycles. The van der Waals surface area contributed by atoms with Gasteiger partial charge in [0.25, 0.3) is 0 Å². The van der Waals surface area contributed by atoms with Gasteiger partial charge in [0.15, 0.2) is 0 Å². The van der Waals surface area contributed by atoms with Crippen LogP contribution in [-0.4, -0.2) is 49.5 Å². The molecule has 2 fully saturated rings. The number of hydrogen-bond donors (Lipinski definition) is 2. The zero-order chi connectivity index (χ0) is 22.2. The number of ether oxygens (including phenoxy) is 1. The van der Waals surface area contributed by atoms with Crippen molar-refractivity contribution in [1.29, 1.82) is 0 Å². The molecule has 2 N–H and O–H groups in total. The Morgan fingerprint density at radius 1 is 1.28 bits per heavy atom. The zero-order valence-electron chi connectivity index (χ0n) is 18.1. The molecule has 0 radical (unpaired) electrons. The number of aryl methyl sites for hydroxylation is 1. The second kappa shape index (κ2) is 9.02. The predicted octanol–water partition coefficient (Wildman–Crippen LogP) is 5.58. The average molecular weight is 471 g/mol. The van der Waals surface area contributed by atoms with Crippen molar-refractivity contribution in [2.45, 2.75) is 38.3 Å². The molecule has 0 amide bonds. The van der Waals surface area contributed by atoms with Crippen molar-refractivity contribution in [1.82, 2.24) is 5.32 Å². The number of carboxylic acids is 1. The highest BCUT2D eigenvalue weighted by Gasteiger charge is 2.26. The highest BCUT2D eigenvalue weighted by atomic mass is 35.5. The molecule has 1 aliphatic carbocycles. The zero-order valence-corrected chi connectivity index (χ0v) is 19.6. The third-order valence-electron chi connectivity index (χ3n) is 6.56. The number of halogens is 1. The monoisotopic (exact) mass is 470 g/mol. The van der Waals surface area contributed by atoms with Gasteiger partial charge in [0.2, 0.25) is 0 Å². The number of aromatic carboxylic acids is 1. The van der Waals surface area contributed by atoms with Gasteiger partial charge >= 0.3 is 5.97 Å². The Kier molecular flexibility index (Phi) is 6.12. The van der Waals surface area contributed by atoms with Crippen molar-refractivity contribution >= 4 is 44.7 Å². The molecular formula is C25H27ClN2O3S. The molecule has 5 nitrogen and oxygen atoms in total. The van der Waals surface area contributed by atoms with Gasteiger partial charge in [-0.05, 0) is 49.6 Å². The summed E-state index contributed by atoms with van der Waals surface area (Å²) in [6.07, 6.45) is 3.85. The Morgan fingerprint density at radius 3 is 2.88 bits per heavy atom. The Balaban J connectivity index is 1.43. The second-order valence-corrected chi connectivity index (χ2v) is 10.4. The van der Waals surface area contributed by atoms with Crippen LogP contribution >= 0.6 is 22.9 Å². The van der Waals surface area contributed by atoms with Crippen LogP contribution in [0.1, 0.15) is 34.5 Å². The number of anilines is 1. The summed E-state index contributed by atoms with van der Waals surface area (Å²) in [5.74, 6) is -0.905. The van der Waals surface area contributed by atoms with Crippen LogP contribution in [-0.2, 0) is 4.74 Å². The van der Waals surface area contributed by atoms with Crippen LogP contribution < -0.4 is 10.2 Å². The lowest BCUT2D eigenvalue weighted by Gasteiger charge is -2.37. The van der Waals surface area contributed by atoms with E-state index in [0.717, 1.165) is 38.3 Å². The van der Waals surface area contributed by atoms with Crippen molar-refractivity contribution in [2.24, 2.45) is 0 Å². The normalized spacial score (nSPS) is 19.3. The Labute approximate surface area is 196 Å². The van der Waals surface area contributed by atoms with Crippen molar-refractivity contribution in [2.75, 3.05) is 31.1 Å². The summed E-state index contributed by atoms with van der Waals surface area (Å²) < 4.78 is 7.06.